The molecule has 2 saturated heterocycles. The van der Waals surface area contributed by atoms with Gasteiger partial charge in [0.2, 0.25) is 17.7 Å². The summed E-state index contributed by atoms with van der Waals surface area (Å²) in [5.74, 6) is -2.08. The van der Waals surface area contributed by atoms with Crippen LogP contribution in [0.2, 0.25) is 0 Å². The minimum Gasteiger partial charge on any atom is -0.508 e. The third-order valence-electron chi connectivity index (χ3n) is 14.3. The summed E-state index contributed by atoms with van der Waals surface area (Å²) < 4.78 is 14.2. The summed E-state index contributed by atoms with van der Waals surface area (Å²) >= 11 is 0. The summed E-state index contributed by atoms with van der Waals surface area (Å²) in [7, 11) is 4.83. The molecule has 368 valence electrons. The maximum absolute atomic E-state index is 14.8. The summed E-state index contributed by atoms with van der Waals surface area (Å²) in [6.45, 7) is 12.4. The van der Waals surface area contributed by atoms with Gasteiger partial charge in [0.1, 0.15) is 29.9 Å². The van der Waals surface area contributed by atoms with Crippen LogP contribution in [-0.2, 0) is 52.8 Å². The highest BCUT2D eigenvalue weighted by atomic mass is 16.5. The lowest BCUT2D eigenvalue weighted by molar-refractivity contribution is -0.155. The number of phenols is 1. The first kappa shape index (κ1) is 49.3. The first-order valence-electron chi connectivity index (χ1n) is 24.5. The van der Waals surface area contributed by atoms with Crippen LogP contribution in [0.5, 0.6) is 5.75 Å². The van der Waals surface area contributed by atoms with Crippen LogP contribution < -0.4 is 10.7 Å². The van der Waals surface area contributed by atoms with Crippen molar-refractivity contribution in [3.8, 4) is 28.1 Å². The van der Waals surface area contributed by atoms with Gasteiger partial charge in [-0.15, -0.1) is 0 Å². The first-order valence-corrected chi connectivity index (χ1v) is 24.5. The highest BCUT2D eigenvalue weighted by Gasteiger charge is 2.42. The number of aryl methyl sites for hydroxylation is 1. The van der Waals surface area contributed by atoms with Crippen molar-refractivity contribution in [2.24, 2.45) is 5.41 Å². The maximum atomic E-state index is 14.8. The topological polar surface area (TPSA) is 179 Å². The third-order valence-corrected chi connectivity index (χ3v) is 14.3. The van der Waals surface area contributed by atoms with Crippen molar-refractivity contribution in [3.63, 3.8) is 0 Å². The number of methoxy groups -OCH3 is 1. The van der Waals surface area contributed by atoms with Crippen LogP contribution in [0.25, 0.3) is 33.3 Å². The Morgan fingerprint density at radius 2 is 1.86 bits per heavy atom. The fraction of sp³-hybridized carbons (Fsp3) is 0.509. The van der Waals surface area contributed by atoms with E-state index in [0.717, 1.165) is 63.9 Å². The largest absolute Gasteiger partial charge is 0.508 e. The molecule has 1 aliphatic carbocycles. The van der Waals surface area contributed by atoms with Crippen molar-refractivity contribution in [2.75, 3.05) is 54.0 Å². The number of nitrogens with one attached hydrogen (secondary N) is 2. The molecule has 0 radical (unpaired) electrons. The van der Waals surface area contributed by atoms with Crippen molar-refractivity contribution in [1.29, 1.82) is 0 Å². The number of aromatic hydroxyl groups is 1. The number of carbonyl (C=O) groups is 5. The predicted octanol–water partition coefficient (Wildman–Crippen LogP) is 5.55. The van der Waals surface area contributed by atoms with E-state index in [1.807, 2.05) is 43.0 Å². The zero-order valence-electron chi connectivity index (χ0n) is 41.3. The van der Waals surface area contributed by atoms with E-state index >= 15 is 0 Å². The Labute approximate surface area is 404 Å². The minimum atomic E-state index is -1.18. The number of carbonyl (C=O) groups excluding carboxylic acids is 5. The smallest absolute Gasteiger partial charge is 0.324 e. The Bertz CT molecular complexity index is 2660. The summed E-state index contributed by atoms with van der Waals surface area (Å²) in [6, 6.07) is 12.2. The number of phenolic OH excluding ortho intramolecular Hbond substituents is 1. The zero-order chi connectivity index (χ0) is 49.3. The zero-order valence-corrected chi connectivity index (χ0v) is 41.3. The van der Waals surface area contributed by atoms with Crippen molar-refractivity contribution in [1.82, 2.24) is 40.0 Å². The molecule has 0 saturated carbocycles. The third kappa shape index (κ3) is 10.4. The molecule has 4 amide bonds. The van der Waals surface area contributed by atoms with E-state index in [0.29, 0.717) is 49.9 Å². The van der Waals surface area contributed by atoms with E-state index in [9.17, 15) is 29.1 Å². The van der Waals surface area contributed by atoms with Gasteiger partial charge in [0.25, 0.3) is 5.91 Å². The second-order valence-corrected chi connectivity index (χ2v) is 19.9. The second kappa shape index (κ2) is 20.5. The number of fused-ring (bicyclic) bond motifs is 6. The van der Waals surface area contributed by atoms with Crippen LogP contribution in [0.15, 0.2) is 66.4 Å². The van der Waals surface area contributed by atoms with Crippen molar-refractivity contribution < 1.29 is 38.6 Å². The molecular weight excluding hydrogens is 877 g/mol. The van der Waals surface area contributed by atoms with Gasteiger partial charge >= 0.3 is 5.97 Å². The standard InChI is InChI=1S/C53H68N8O8/c1-9-59-29-44(59)51(66)57(6)30-45(63)58(7)47(34-15-11-12-16-34)49(64)55-42-25-33-23-36(26-37(62)24-33)35-19-20-43-39(27-35)40(48(60(43)10-2)38-17-13-21-54-46(38)32(3)68-8)28-53(4,5)31-69-52(67)41-18-14-22-61(56-41)50(42)65/h13,15,17,19-21,23-24,26-27,32,41-42,44,47,56,62H,9-12,14,16,18,22,25,28-31H2,1-8H3,(H,55,64)/t32-,41-,42-,44+,47-,59?/m0/s1. The van der Waals surface area contributed by atoms with Gasteiger partial charge in [-0.05, 0) is 123 Å². The Morgan fingerprint density at radius 1 is 1.06 bits per heavy atom. The van der Waals surface area contributed by atoms with E-state index in [1.54, 1.807) is 39.5 Å². The molecule has 3 N–H and O–H groups in total. The van der Waals surface area contributed by atoms with Crippen LogP contribution in [0, 0.1) is 5.41 Å². The molecule has 8 rings (SSSR count). The highest BCUT2D eigenvalue weighted by Crippen LogP contribution is 2.42. The monoisotopic (exact) mass is 945 g/mol. The van der Waals surface area contributed by atoms with E-state index in [-0.39, 0.29) is 49.9 Å². The average molecular weight is 945 g/mol. The number of benzene rings is 2. The molecule has 4 aromatic rings. The van der Waals surface area contributed by atoms with Gasteiger partial charge in [-0.3, -0.25) is 38.9 Å². The normalized spacial score (nSPS) is 22.3. The first-order chi connectivity index (χ1) is 33.0. The number of pyridine rings is 1. The Morgan fingerprint density at radius 3 is 2.57 bits per heavy atom. The van der Waals surface area contributed by atoms with Gasteiger partial charge in [-0.1, -0.05) is 39.0 Å². The van der Waals surface area contributed by atoms with Gasteiger partial charge in [-0.2, -0.15) is 0 Å². The van der Waals surface area contributed by atoms with E-state index in [1.165, 1.54) is 14.8 Å². The molecule has 5 heterocycles. The second-order valence-electron chi connectivity index (χ2n) is 19.9. The molecule has 4 aliphatic rings. The molecule has 0 spiro atoms. The molecule has 6 atom stereocenters. The van der Waals surface area contributed by atoms with Crippen LogP contribution in [0.3, 0.4) is 0 Å². The average Bonchev–Trinajstić information content (AvgIpc) is 3.82. The number of hydrogen-bond acceptors (Lipinski definition) is 11. The van der Waals surface area contributed by atoms with E-state index < -0.39 is 47.2 Å². The number of amides is 4. The van der Waals surface area contributed by atoms with Gasteiger partial charge in [0, 0.05) is 75.3 Å². The molecule has 2 aromatic carbocycles. The molecular formula is C53H68N8O8. The number of likely N-dealkylation sites (N-methyl/N-ethyl adjacent to an activating group) is 3. The Balaban J connectivity index is 1.19. The quantitative estimate of drug-likeness (QED) is 0.0922. The molecule has 6 bridgehead atoms. The number of hydrazine groups is 1. The number of cyclic esters (lactones) is 1. The Kier molecular flexibility index (Phi) is 14.6. The van der Waals surface area contributed by atoms with Crippen molar-refractivity contribution in [2.45, 2.75) is 116 Å². The number of esters is 1. The molecule has 69 heavy (non-hydrogen) atoms. The van der Waals surface area contributed by atoms with E-state index in [2.05, 4.69) is 54.3 Å². The summed E-state index contributed by atoms with van der Waals surface area (Å²) in [6.07, 6.45) is 7.06. The maximum Gasteiger partial charge on any atom is 0.324 e. The lowest BCUT2D eigenvalue weighted by Gasteiger charge is -2.36. The Hall–Kier alpha value is -6.10. The van der Waals surface area contributed by atoms with Crippen LogP contribution >= 0.6 is 0 Å². The molecule has 16 heteroatoms. The summed E-state index contributed by atoms with van der Waals surface area (Å²) in [5, 5.41) is 16.8. The molecule has 2 fully saturated rings. The SMILES string of the molecule is CCN1C[C@@H]1C(=O)N(C)CC(=O)N(C)[C@H](C(=O)N[C@H]1Cc2cc(O)cc(c2)-c2ccc3c(c2)c(c(-c2cccnc2[C@H](C)OC)n3CC)CC(C)(C)COC(=O)[C@@H]2CCCN(N2)C1=O)C1=CCCC1. The molecule has 16 nitrogen and oxygen atoms in total. The van der Waals surface area contributed by atoms with Crippen LogP contribution in [-0.4, -0.2) is 142 Å². The summed E-state index contributed by atoms with van der Waals surface area (Å²) in [5.41, 5.74) is 10.3. The number of aromatic nitrogens is 2. The number of allylic oxidation sites excluding steroid dienone is 1. The van der Waals surface area contributed by atoms with Gasteiger partial charge in [-0.25, -0.2) is 5.43 Å². The van der Waals surface area contributed by atoms with Crippen LogP contribution in [0.4, 0.5) is 0 Å². The number of nitrogens with zero attached hydrogens (tertiary/aromatic N) is 6. The lowest BCUT2D eigenvalue weighted by Crippen LogP contribution is -2.62. The predicted molar refractivity (Wildman–Crippen MR) is 262 cm³/mol. The van der Waals surface area contributed by atoms with Crippen molar-refractivity contribution >= 4 is 40.5 Å². The highest BCUT2D eigenvalue weighted by molar-refractivity contribution is 5.97. The van der Waals surface area contributed by atoms with Crippen molar-refractivity contribution in [3.05, 3.63) is 83.2 Å². The fourth-order valence-corrected chi connectivity index (χ4v) is 10.4. The van der Waals surface area contributed by atoms with Crippen LogP contribution in [0.1, 0.15) is 89.6 Å². The van der Waals surface area contributed by atoms with Gasteiger partial charge in [0.15, 0.2) is 0 Å². The number of hydrogen-bond donors (Lipinski definition) is 3. The van der Waals surface area contributed by atoms with E-state index in [4.69, 9.17) is 14.5 Å². The number of ether oxygens (including phenoxy) is 2. The summed E-state index contributed by atoms with van der Waals surface area (Å²) in [4.78, 5) is 80.3. The number of rotatable bonds is 12. The van der Waals surface area contributed by atoms with Gasteiger partial charge in [0.05, 0.1) is 30.6 Å². The molecule has 1 unspecified atom stereocenters. The molecule has 2 aromatic heterocycles. The fourth-order valence-electron chi connectivity index (χ4n) is 10.4. The van der Waals surface area contributed by atoms with Gasteiger partial charge < -0.3 is 34.3 Å². The minimum absolute atomic E-state index is 0.0126. The lowest BCUT2D eigenvalue weighted by atomic mass is 9.84. The molecule has 3 aliphatic heterocycles.